The molecule has 0 saturated heterocycles. The Kier molecular flexibility index (Phi) is 5.26. The quantitative estimate of drug-likeness (QED) is 0.774. The molecule has 2 heteroatoms. The highest BCUT2D eigenvalue weighted by atomic mass is 14.6. The Bertz CT molecular complexity index is 549. The van der Waals surface area contributed by atoms with E-state index >= 15 is 0 Å². The third-order valence-electron chi connectivity index (χ3n) is 4.01. The molecule has 2 aromatic carbocycles. The fourth-order valence-electron chi connectivity index (χ4n) is 2.92. The third-order valence-corrected chi connectivity index (χ3v) is 4.01. The van der Waals surface area contributed by atoms with E-state index in [4.69, 9.17) is 11.5 Å². The van der Waals surface area contributed by atoms with Gasteiger partial charge < -0.3 is 11.5 Å². The van der Waals surface area contributed by atoms with Crippen molar-refractivity contribution in [2.24, 2.45) is 0 Å². The number of anilines is 2. The minimum absolute atomic E-state index is 0.837. The average Bonchev–Trinajstić information content (AvgIpc) is 2.46. The van der Waals surface area contributed by atoms with E-state index in [0.717, 1.165) is 43.5 Å². The maximum absolute atomic E-state index is 6.23. The Balaban J connectivity index is 2.43. The van der Waals surface area contributed by atoms with Crippen LogP contribution in [-0.4, -0.2) is 0 Å². The number of nitrogens with two attached hydrogens (primary N) is 2. The molecule has 2 rings (SSSR count). The van der Waals surface area contributed by atoms with E-state index in [1.807, 2.05) is 24.3 Å². The van der Waals surface area contributed by atoms with Crippen molar-refractivity contribution >= 4 is 11.4 Å². The van der Waals surface area contributed by atoms with Crippen LogP contribution in [0.1, 0.15) is 48.9 Å². The molecule has 0 spiro atoms. The Morgan fingerprint density at radius 3 is 1.52 bits per heavy atom. The second kappa shape index (κ2) is 7.16. The van der Waals surface area contributed by atoms with Crippen LogP contribution in [0, 0.1) is 0 Å². The molecule has 0 aromatic heterocycles. The molecule has 0 aliphatic rings. The van der Waals surface area contributed by atoms with Crippen molar-refractivity contribution in [2.45, 2.75) is 46.0 Å². The van der Waals surface area contributed by atoms with Crippen molar-refractivity contribution in [3.8, 4) is 0 Å². The standard InChI is InChI=1S/C19H26N2/c1-3-7-14-9-5-11-18(20)16(14)13-17-15(8-4-2)10-6-12-19(17)21/h5-6,9-12H,3-4,7-8,13,20-21H2,1-2H3. The minimum Gasteiger partial charge on any atom is -0.398 e. The first-order valence-electron chi connectivity index (χ1n) is 7.89. The fourth-order valence-corrected chi connectivity index (χ4v) is 2.92. The normalized spacial score (nSPS) is 10.8. The third kappa shape index (κ3) is 3.57. The lowest BCUT2D eigenvalue weighted by atomic mass is 9.91. The number of aryl methyl sites for hydroxylation is 2. The van der Waals surface area contributed by atoms with Gasteiger partial charge in [0.15, 0.2) is 0 Å². The Labute approximate surface area is 128 Å². The van der Waals surface area contributed by atoms with E-state index in [9.17, 15) is 0 Å². The van der Waals surface area contributed by atoms with E-state index in [1.54, 1.807) is 0 Å². The highest BCUT2D eigenvalue weighted by Crippen LogP contribution is 2.27. The van der Waals surface area contributed by atoms with E-state index in [-0.39, 0.29) is 0 Å². The number of hydrogen-bond donors (Lipinski definition) is 2. The lowest BCUT2D eigenvalue weighted by Crippen LogP contribution is -2.06. The lowest BCUT2D eigenvalue weighted by molar-refractivity contribution is 0.889. The Morgan fingerprint density at radius 1 is 0.714 bits per heavy atom. The van der Waals surface area contributed by atoms with Crippen molar-refractivity contribution in [3.05, 3.63) is 58.7 Å². The van der Waals surface area contributed by atoms with Gasteiger partial charge in [-0.2, -0.15) is 0 Å². The molecule has 0 saturated carbocycles. The first-order chi connectivity index (χ1) is 10.2. The first kappa shape index (κ1) is 15.4. The molecule has 2 aromatic rings. The molecule has 21 heavy (non-hydrogen) atoms. The summed E-state index contributed by atoms with van der Waals surface area (Å²) in [7, 11) is 0. The van der Waals surface area contributed by atoms with Crippen molar-refractivity contribution in [2.75, 3.05) is 11.5 Å². The summed E-state index contributed by atoms with van der Waals surface area (Å²) in [5.41, 5.74) is 19.4. The van der Waals surface area contributed by atoms with Crippen LogP contribution in [-0.2, 0) is 19.3 Å². The highest BCUT2D eigenvalue weighted by Gasteiger charge is 2.12. The van der Waals surface area contributed by atoms with Crippen LogP contribution in [0.25, 0.3) is 0 Å². The van der Waals surface area contributed by atoms with Crippen LogP contribution in [0.5, 0.6) is 0 Å². The molecule has 112 valence electrons. The largest absolute Gasteiger partial charge is 0.398 e. The summed E-state index contributed by atoms with van der Waals surface area (Å²) in [5, 5.41) is 0. The molecule has 0 bridgehead atoms. The molecule has 2 nitrogen and oxygen atoms in total. The van der Waals surface area contributed by atoms with Gasteiger partial charge >= 0.3 is 0 Å². The SMILES string of the molecule is CCCc1cccc(N)c1Cc1c(N)cccc1CCC. The highest BCUT2D eigenvalue weighted by molar-refractivity contribution is 5.58. The summed E-state index contributed by atoms with van der Waals surface area (Å²) in [6.07, 6.45) is 5.22. The van der Waals surface area contributed by atoms with Gasteiger partial charge in [0.05, 0.1) is 0 Å². The molecule has 0 aliphatic carbocycles. The summed E-state index contributed by atoms with van der Waals surface area (Å²) >= 11 is 0. The molecule has 0 atom stereocenters. The molecule has 0 amide bonds. The summed E-state index contributed by atoms with van der Waals surface area (Å²) < 4.78 is 0. The van der Waals surface area contributed by atoms with Crippen molar-refractivity contribution < 1.29 is 0 Å². The summed E-state index contributed by atoms with van der Waals surface area (Å²) in [6, 6.07) is 12.5. The van der Waals surface area contributed by atoms with E-state index in [2.05, 4.69) is 26.0 Å². The van der Waals surface area contributed by atoms with Gasteiger partial charge in [0, 0.05) is 17.8 Å². The van der Waals surface area contributed by atoms with Crippen LogP contribution in [0.2, 0.25) is 0 Å². The smallest absolute Gasteiger partial charge is 0.0352 e. The van der Waals surface area contributed by atoms with E-state index in [1.165, 1.54) is 22.3 Å². The van der Waals surface area contributed by atoms with E-state index < -0.39 is 0 Å². The minimum atomic E-state index is 0.837. The number of rotatable bonds is 6. The summed E-state index contributed by atoms with van der Waals surface area (Å²) in [5.74, 6) is 0. The monoisotopic (exact) mass is 282 g/mol. The summed E-state index contributed by atoms with van der Waals surface area (Å²) in [4.78, 5) is 0. The predicted molar refractivity (Wildman–Crippen MR) is 92.5 cm³/mol. The topological polar surface area (TPSA) is 52.0 Å². The van der Waals surface area contributed by atoms with Crippen molar-refractivity contribution in [1.29, 1.82) is 0 Å². The van der Waals surface area contributed by atoms with Gasteiger partial charge in [-0.1, -0.05) is 51.0 Å². The van der Waals surface area contributed by atoms with Gasteiger partial charge in [0.1, 0.15) is 0 Å². The zero-order chi connectivity index (χ0) is 15.2. The number of hydrogen-bond acceptors (Lipinski definition) is 2. The zero-order valence-corrected chi connectivity index (χ0v) is 13.2. The van der Waals surface area contributed by atoms with Gasteiger partial charge in [0.2, 0.25) is 0 Å². The molecular weight excluding hydrogens is 256 g/mol. The lowest BCUT2D eigenvalue weighted by Gasteiger charge is -2.16. The van der Waals surface area contributed by atoms with Gasteiger partial charge in [-0.05, 0) is 47.2 Å². The fraction of sp³-hybridized carbons (Fsp3) is 0.368. The Hall–Kier alpha value is -1.96. The molecular formula is C19H26N2. The first-order valence-corrected chi connectivity index (χ1v) is 7.89. The van der Waals surface area contributed by atoms with Crippen LogP contribution < -0.4 is 11.5 Å². The van der Waals surface area contributed by atoms with Crippen molar-refractivity contribution in [1.82, 2.24) is 0 Å². The Morgan fingerprint density at radius 2 is 1.14 bits per heavy atom. The average molecular weight is 282 g/mol. The second-order valence-electron chi connectivity index (χ2n) is 5.65. The predicted octanol–water partition coefficient (Wildman–Crippen LogP) is 4.35. The number of nitrogen functional groups attached to an aromatic ring is 2. The summed E-state index contributed by atoms with van der Waals surface area (Å²) in [6.45, 7) is 4.40. The maximum atomic E-state index is 6.23. The van der Waals surface area contributed by atoms with Gasteiger partial charge in [0.25, 0.3) is 0 Å². The molecule has 0 fully saturated rings. The maximum Gasteiger partial charge on any atom is 0.0352 e. The molecule has 0 heterocycles. The molecule has 0 aliphatic heterocycles. The van der Waals surface area contributed by atoms with Crippen LogP contribution in [0.3, 0.4) is 0 Å². The van der Waals surface area contributed by atoms with Gasteiger partial charge in [-0.3, -0.25) is 0 Å². The van der Waals surface area contributed by atoms with Gasteiger partial charge in [-0.25, -0.2) is 0 Å². The second-order valence-corrected chi connectivity index (χ2v) is 5.65. The molecule has 4 N–H and O–H groups in total. The number of benzene rings is 2. The van der Waals surface area contributed by atoms with E-state index in [0.29, 0.717) is 0 Å². The van der Waals surface area contributed by atoms with Crippen LogP contribution >= 0.6 is 0 Å². The van der Waals surface area contributed by atoms with Crippen LogP contribution in [0.4, 0.5) is 11.4 Å². The van der Waals surface area contributed by atoms with Gasteiger partial charge in [-0.15, -0.1) is 0 Å². The molecule has 0 radical (unpaired) electrons. The van der Waals surface area contributed by atoms with Crippen molar-refractivity contribution in [3.63, 3.8) is 0 Å². The molecule has 0 unspecified atom stereocenters. The van der Waals surface area contributed by atoms with Crippen LogP contribution in [0.15, 0.2) is 36.4 Å². The zero-order valence-electron chi connectivity index (χ0n) is 13.2.